The normalized spacial score (nSPS) is 15.7. The molecule has 1 aliphatic rings. The molecule has 7 heteroatoms. The Balaban J connectivity index is 1.82. The second-order valence-electron chi connectivity index (χ2n) is 6.09. The molecule has 24 heavy (non-hydrogen) atoms. The minimum Gasteiger partial charge on any atom is -0.492 e. The molecule has 2 rings (SSSR count). The number of carbonyl (C=O) groups excluding carboxylic acids is 2. The summed E-state index contributed by atoms with van der Waals surface area (Å²) in [5, 5.41) is 2.73. The molecule has 1 saturated heterocycles. The number of nitrogens with zero attached hydrogens (tertiary/aromatic N) is 1. The van der Waals surface area contributed by atoms with Crippen LogP contribution in [0.2, 0.25) is 0 Å². The number of likely N-dealkylation sites (tertiary alicyclic amines) is 1. The Hall–Kier alpha value is -2.18. The van der Waals surface area contributed by atoms with E-state index in [1.54, 1.807) is 4.90 Å². The molecule has 1 atom stereocenters. The lowest BCUT2D eigenvalue weighted by Gasteiger charge is -2.29. The van der Waals surface area contributed by atoms with Gasteiger partial charge in [0.2, 0.25) is 11.8 Å². The summed E-state index contributed by atoms with van der Waals surface area (Å²) in [6.45, 7) is 4.72. The van der Waals surface area contributed by atoms with Gasteiger partial charge >= 0.3 is 0 Å². The van der Waals surface area contributed by atoms with E-state index in [-0.39, 0.29) is 36.6 Å². The Morgan fingerprint density at radius 2 is 2.08 bits per heavy atom. The van der Waals surface area contributed by atoms with Crippen molar-refractivity contribution < 1.29 is 23.1 Å². The van der Waals surface area contributed by atoms with Crippen molar-refractivity contribution in [3.05, 3.63) is 29.8 Å². The van der Waals surface area contributed by atoms with Gasteiger partial charge in [-0.05, 0) is 24.5 Å². The Bertz CT molecular complexity index is 607. The zero-order valence-corrected chi connectivity index (χ0v) is 13.9. The molecule has 1 aromatic carbocycles. The minimum absolute atomic E-state index is 0.000775. The second-order valence-corrected chi connectivity index (χ2v) is 6.09. The monoisotopic (exact) mass is 340 g/mol. The van der Waals surface area contributed by atoms with Gasteiger partial charge in [-0.3, -0.25) is 9.59 Å². The highest BCUT2D eigenvalue weighted by atomic mass is 19.2. The maximum absolute atomic E-state index is 13.1. The number of rotatable bonds is 7. The number of hydrogen-bond acceptors (Lipinski definition) is 3. The van der Waals surface area contributed by atoms with Crippen molar-refractivity contribution >= 4 is 11.8 Å². The van der Waals surface area contributed by atoms with E-state index in [0.29, 0.717) is 13.0 Å². The lowest BCUT2D eigenvalue weighted by atomic mass is 10.0. The lowest BCUT2D eigenvalue weighted by Crippen LogP contribution is -2.51. The molecule has 0 aromatic heterocycles. The van der Waals surface area contributed by atoms with E-state index in [1.807, 2.05) is 13.8 Å². The fourth-order valence-corrected chi connectivity index (χ4v) is 2.78. The predicted octanol–water partition coefficient (Wildman–Crippen LogP) is 2.11. The number of amides is 2. The molecule has 2 amide bonds. The summed E-state index contributed by atoms with van der Waals surface area (Å²) in [4.78, 5) is 25.8. The number of halogens is 2. The van der Waals surface area contributed by atoms with Gasteiger partial charge < -0.3 is 15.0 Å². The zero-order valence-electron chi connectivity index (χ0n) is 13.9. The van der Waals surface area contributed by atoms with Gasteiger partial charge in [-0.2, -0.15) is 0 Å². The number of nitrogens with one attached hydrogen (secondary N) is 1. The van der Waals surface area contributed by atoms with Crippen molar-refractivity contribution in [3.8, 4) is 5.75 Å². The third-order valence-electron chi connectivity index (χ3n) is 3.91. The van der Waals surface area contributed by atoms with Gasteiger partial charge in [0.15, 0.2) is 11.6 Å². The maximum atomic E-state index is 13.1. The van der Waals surface area contributed by atoms with Gasteiger partial charge in [-0.25, -0.2) is 8.78 Å². The highest BCUT2D eigenvalue weighted by Gasteiger charge is 2.34. The van der Waals surface area contributed by atoms with E-state index in [2.05, 4.69) is 5.32 Å². The fraction of sp³-hybridized carbons (Fsp3) is 0.529. The Morgan fingerprint density at radius 3 is 2.67 bits per heavy atom. The molecule has 0 unspecified atom stereocenters. The van der Waals surface area contributed by atoms with Crippen LogP contribution in [-0.4, -0.2) is 42.5 Å². The van der Waals surface area contributed by atoms with Gasteiger partial charge in [0.25, 0.3) is 0 Å². The highest BCUT2D eigenvalue weighted by Crippen LogP contribution is 2.19. The molecule has 0 aliphatic carbocycles. The third kappa shape index (κ3) is 4.43. The molecule has 0 saturated carbocycles. The number of ether oxygens (including phenoxy) is 1. The third-order valence-corrected chi connectivity index (χ3v) is 3.91. The van der Waals surface area contributed by atoms with Crippen LogP contribution in [0, 0.1) is 17.6 Å². The van der Waals surface area contributed by atoms with Gasteiger partial charge in [-0.15, -0.1) is 0 Å². The molecular formula is C17H22F2N2O3. The fourth-order valence-electron chi connectivity index (χ4n) is 2.78. The summed E-state index contributed by atoms with van der Waals surface area (Å²) in [7, 11) is 0. The van der Waals surface area contributed by atoms with Gasteiger partial charge in [0.1, 0.15) is 18.4 Å². The van der Waals surface area contributed by atoms with E-state index in [9.17, 15) is 18.4 Å². The van der Waals surface area contributed by atoms with Gasteiger partial charge in [0, 0.05) is 19.0 Å². The van der Waals surface area contributed by atoms with Crippen LogP contribution in [0.15, 0.2) is 18.2 Å². The van der Waals surface area contributed by atoms with Gasteiger partial charge in [0.05, 0.1) is 6.54 Å². The maximum Gasteiger partial charge on any atom is 0.243 e. The molecule has 0 radical (unpaired) electrons. The first-order valence-electron chi connectivity index (χ1n) is 8.05. The Labute approximate surface area is 140 Å². The molecular weight excluding hydrogens is 318 g/mol. The van der Waals surface area contributed by atoms with Crippen LogP contribution in [0.1, 0.15) is 26.7 Å². The molecule has 1 aromatic rings. The lowest BCUT2D eigenvalue weighted by molar-refractivity contribution is -0.139. The molecule has 5 nitrogen and oxygen atoms in total. The number of benzene rings is 1. The number of carbonyl (C=O) groups is 2. The van der Waals surface area contributed by atoms with Crippen molar-refractivity contribution in [1.29, 1.82) is 0 Å². The smallest absolute Gasteiger partial charge is 0.243 e. The van der Waals surface area contributed by atoms with Crippen molar-refractivity contribution in [3.63, 3.8) is 0 Å². The first kappa shape index (κ1) is 18.2. The van der Waals surface area contributed by atoms with E-state index in [4.69, 9.17) is 4.74 Å². The Morgan fingerprint density at radius 1 is 1.33 bits per heavy atom. The van der Waals surface area contributed by atoms with Crippen molar-refractivity contribution in [2.75, 3.05) is 19.7 Å². The van der Waals surface area contributed by atoms with Crippen LogP contribution < -0.4 is 10.1 Å². The van der Waals surface area contributed by atoms with Crippen LogP contribution >= 0.6 is 0 Å². The summed E-state index contributed by atoms with van der Waals surface area (Å²) in [6.07, 6.45) is 1.25. The van der Waals surface area contributed by atoms with Crippen LogP contribution in [-0.2, 0) is 9.59 Å². The minimum atomic E-state index is -0.982. The second kappa shape index (κ2) is 8.08. The molecule has 1 heterocycles. The van der Waals surface area contributed by atoms with E-state index < -0.39 is 17.7 Å². The SMILES string of the molecule is CC(C)[C@H](C(=O)NCCOc1ccc(F)c(F)c1)N1CCCC1=O. The summed E-state index contributed by atoms with van der Waals surface area (Å²) >= 11 is 0. The molecule has 1 fully saturated rings. The molecule has 1 N–H and O–H groups in total. The number of hydrogen-bond donors (Lipinski definition) is 1. The van der Waals surface area contributed by atoms with Crippen molar-refractivity contribution in [1.82, 2.24) is 10.2 Å². The van der Waals surface area contributed by atoms with Crippen molar-refractivity contribution in [2.45, 2.75) is 32.7 Å². The van der Waals surface area contributed by atoms with Gasteiger partial charge in [-0.1, -0.05) is 13.8 Å². The summed E-state index contributed by atoms with van der Waals surface area (Å²) < 4.78 is 31.2. The van der Waals surface area contributed by atoms with E-state index in [0.717, 1.165) is 18.6 Å². The molecule has 1 aliphatic heterocycles. The first-order valence-corrected chi connectivity index (χ1v) is 8.05. The molecule has 0 bridgehead atoms. The quantitative estimate of drug-likeness (QED) is 0.774. The first-order chi connectivity index (χ1) is 11.4. The van der Waals surface area contributed by atoms with Crippen LogP contribution in [0.4, 0.5) is 8.78 Å². The van der Waals surface area contributed by atoms with Crippen molar-refractivity contribution in [2.24, 2.45) is 5.92 Å². The Kier molecular flexibility index (Phi) is 6.11. The highest BCUT2D eigenvalue weighted by molar-refractivity contribution is 5.88. The summed E-state index contributed by atoms with van der Waals surface area (Å²) in [5.41, 5.74) is 0. The predicted molar refractivity (Wildman–Crippen MR) is 84.4 cm³/mol. The zero-order chi connectivity index (χ0) is 17.7. The van der Waals surface area contributed by atoms with Crippen LogP contribution in [0.5, 0.6) is 5.75 Å². The summed E-state index contributed by atoms with van der Waals surface area (Å²) in [6, 6.07) is 2.76. The molecule has 132 valence electrons. The van der Waals surface area contributed by atoms with Crippen LogP contribution in [0.3, 0.4) is 0 Å². The summed E-state index contributed by atoms with van der Waals surface area (Å²) in [5.74, 6) is -1.96. The van der Waals surface area contributed by atoms with Crippen LogP contribution in [0.25, 0.3) is 0 Å². The molecule has 0 spiro atoms. The van der Waals surface area contributed by atoms with E-state index >= 15 is 0 Å². The average Bonchev–Trinajstić information content (AvgIpc) is 2.93. The largest absolute Gasteiger partial charge is 0.492 e. The topological polar surface area (TPSA) is 58.6 Å². The average molecular weight is 340 g/mol. The van der Waals surface area contributed by atoms with E-state index in [1.165, 1.54) is 6.07 Å². The standard InChI is InChI=1S/C17H22F2N2O3/c1-11(2)16(21-8-3-4-15(21)22)17(23)20-7-9-24-12-5-6-13(18)14(19)10-12/h5-6,10-11,16H,3-4,7-9H2,1-2H3,(H,20,23)/t16-/m1/s1.